The highest BCUT2D eigenvalue weighted by molar-refractivity contribution is 9.10. The fraction of sp³-hybridized carbons (Fsp3) is 0.154. The summed E-state index contributed by atoms with van der Waals surface area (Å²) in [6, 6.07) is 21.9. The third-order valence-electron chi connectivity index (χ3n) is 5.15. The van der Waals surface area contributed by atoms with Crippen molar-refractivity contribution in [2.45, 2.75) is 19.3 Å². The first-order valence-corrected chi connectivity index (χ1v) is 11.2. The second kappa shape index (κ2) is 9.80. The fourth-order valence-electron chi connectivity index (χ4n) is 3.66. The van der Waals surface area contributed by atoms with Crippen LogP contribution in [0.3, 0.4) is 0 Å². The van der Waals surface area contributed by atoms with Crippen molar-refractivity contribution < 1.29 is 19.0 Å². The zero-order valence-corrected chi connectivity index (χ0v) is 19.5. The maximum absolute atomic E-state index is 12.8. The van der Waals surface area contributed by atoms with Gasteiger partial charge in [-0.2, -0.15) is 5.26 Å². The molecule has 33 heavy (non-hydrogen) atoms. The summed E-state index contributed by atoms with van der Waals surface area (Å²) in [4.78, 5) is 12.8. The van der Waals surface area contributed by atoms with Gasteiger partial charge in [-0.05, 0) is 42.3 Å². The predicted octanol–water partition coefficient (Wildman–Crippen LogP) is 5.68. The molecule has 0 radical (unpaired) electrons. The summed E-state index contributed by atoms with van der Waals surface area (Å²) >= 11 is 3.48. The molecule has 0 saturated carbocycles. The molecule has 0 spiro atoms. The van der Waals surface area contributed by atoms with Gasteiger partial charge >= 0.3 is 5.97 Å². The van der Waals surface area contributed by atoms with Crippen LogP contribution in [0.1, 0.15) is 40.7 Å². The van der Waals surface area contributed by atoms with Gasteiger partial charge in [0.1, 0.15) is 34.5 Å². The molecule has 0 fully saturated rings. The lowest BCUT2D eigenvalue weighted by molar-refractivity contribution is 0.0730. The zero-order chi connectivity index (χ0) is 23.4. The molecule has 7 heteroatoms. The molecular formula is C26H21BrN2O4. The Hall–Kier alpha value is -3.76. The smallest absolute Gasteiger partial charge is 0.347 e. The van der Waals surface area contributed by atoms with Gasteiger partial charge in [-0.3, -0.25) is 0 Å². The number of carbonyl (C=O) groups is 1. The van der Waals surface area contributed by atoms with Gasteiger partial charge in [-0.25, -0.2) is 4.79 Å². The number of hydrogen-bond acceptors (Lipinski definition) is 6. The largest absolute Gasteiger partial charge is 0.493 e. The van der Waals surface area contributed by atoms with Crippen LogP contribution in [0.25, 0.3) is 0 Å². The summed E-state index contributed by atoms with van der Waals surface area (Å²) in [7, 11) is 0. The Bertz CT molecular complexity index is 1280. The highest BCUT2D eigenvalue weighted by Gasteiger charge is 2.31. The van der Waals surface area contributed by atoms with Crippen LogP contribution in [0.15, 0.2) is 82.7 Å². The number of fused-ring (bicyclic) bond motifs is 1. The van der Waals surface area contributed by atoms with E-state index in [2.05, 4.69) is 22.0 Å². The van der Waals surface area contributed by atoms with Crippen molar-refractivity contribution in [3.05, 3.63) is 99.3 Å². The molecule has 1 heterocycles. The lowest BCUT2D eigenvalue weighted by Gasteiger charge is -2.26. The van der Waals surface area contributed by atoms with Gasteiger partial charge in [0, 0.05) is 16.1 Å². The van der Waals surface area contributed by atoms with Crippen LogP contribution in [0, 0.1) is 11.3 Å². The van der Waals surface area contributed by atoms with Crippen molar-refractivity contribution in [3.63, 3.8) is 0 Å². The van der Waals surface area contributed by atoms with Gasteiger partial charge < -0.3 is 19.9 Å². The Morgan fingerprint density at radius 1 is 1.15 bits per heavy atom. The van der Waals surface area contributed by atoms with Gasteiger partial charge in [-0.1, -0.05) is 53.2 Å². The van der Waals surface area contributed by atoms with E-state index in [9.17, 15) is 10.1 Å². The molecule has 0 aliphatic carbocycles. The van der Waals surface area contributed by atoms with Crippen LogP contribution in [0.4, 0.5) is 0 Å². The second-order valence-corrected chi connectivity index (χ2v) is 8.33. The number of rotatable bonds is 6. The molecule has 3 aromatic rings. The Balaban J connectivity index is 1.66. The monoisotopic (exact) mass is 504 g/mol. The van der Waals surface area contributed by atoms with Crippen molar-refractivity contribution in [2.24, 2.45) is 5.73 Å². The summed E-state index contributed by atoms with van der Waals surface area (Å²) in [5, 5.41) is 9.71. The van der Waals surface area contributed by atoms with E-state index >= 15 is 0 Å². The van der Waals surface area contributed by atoms with E-state index in [1.807, 2.05) is 31.2 Å². The quantitative estimate of drug-likeness (QED) is 0.343. The van der Waals surface area contributed by atoms with Crippen LogP contribution in [0.5, 0.6) is 17.2 Å². The average Bonchev–Trinajstić information content (AvgIpc) is 2.82. The molecule has 2 N–H and O–H groups in total. The van der Waals surface area contributed by atoms with E-state index in [4.69, 9.17) is 19.9 Å². The number of nitrogens with zero attached hydrogens (tertiary/aromatic N) is 1. The number of halogens is 1. The summed E-state index contributed by atoms with van der Waals surface area (Å²) < 4.78 is 17.9. The van der Waals surface area contributed by atoms with Crippen molar-refractivity contribution >= 4 is 21.9 Å². The van der Waals surface area contributed by atoms with Crippen molar-refractivity contribution in [2.75, 3.05) is 6.61 Å². The SMILES string of the molecule is CCCOc1ccccc1C(=O)Oc1ccc2c(c1)OC(N)=C(C#N)C2c1cccc(Br)c1. The van der Waals surface area contributed by atoms with Gasteiger partial charge in [0.25, 0.3) is 0 Å². The molecule has 0 bridgehead atoms. The van der Waals surface area contributed by atoms with Crippen LogP contribution in [-0.2, 0) is 0 Å². The van der Waals surface area contributed by atoms with Crippen molar-refractivity contribution in [1.82, 2.24) is 0 Å². The van der Waals surface area contributed by atoms with Gasteiger partial charge in [-0.15, -0.1) is 0 Å². The van der Waals surface area contributed by atoms with E-state index in [0.717, 1.165) is 22.0 Å². The molecule has 4 rings (SSSR count). The molecule has 6 nitrogen and oxygen atoms in total. The molecule has 0 amide bonds. The van der Waals surface area contributed by atoms with Gasteiger partial charge in [0.15, 0.2) is 0 Å². The number of para-hydroxylation sites is 1. The lowest BCUT2D eigenvalue weighted by Crippen LogP contribution is -2.21. The number of ether oxygens (including phenoxy) is 3. The third kappa shape index (κ3) is 4.71. The number of carbonyl (C=O) groups excluding carboxylic acids is 1. The summed E-state index contributed by atoms with van der Waals surface area (Å²) in [5.74, 6) is 0.282. The lowest BCUT2D eigenvalue weighted by atomic mass is 9.83. The molecule has 1 atom stereocenters. The fourth-order valence-corrected chi connectivity index (χ4v) is 4.08. The van der Waals surface area contributed by atoms with Crippen LogP contribution in [0.2, 0.25) is 0 Å². The van der Waals surface area contributed by atoms with Gasteiger partial charge in [0.05, 0.1) is 12.5 Å². The number of hydrogen-bond donors (Lipinski definition) is 1. The first-order valence-electron chi connectivity index (χ1n) is 10.4. The predicted molar refractivity (Wildman–Crippen MR) is 127 cm³/mol. The van der Waals surface area contributed by atoms with E-state index in [-0.39, 0.29) is 5.88 Å². The van der Waals surface area contributed by atoms with Crippen LogP contribution < -0.4 is 19.9 Å². The number of benzene rings is 3. The average molecular weight is 505 g/mol. The number of nitrogens with two attached hydrogens (primary N) is 1. The molecule has 0 saturated heterocycles. The summed E-state index contributed by atoms with van der Waals surface area (Å²) in [5.41, 5.74) is 8.38. The molecule has 1 aliphatic heterocycles. The number of nitriles is 1. The van der Waals surface area contributed by atoms with Gasteiger partial charge in [0.2, 0.25) is 5.88 Å². The number of allylic oxidation sites excluding steroid dienone is 1. The maximum Gasteiger partial charge on any atom is 0.347 e. The molecule has 166 valence electrons. The highest BCUT2D eigenvalue weighted by atomic mass is 79.9. The minimum atomic E-state index is -0.540. The minimum Gasteiger partial charge on any atom is -0.493 e. The highest BCUT2D eigenvalue weighted by Crippen LogP contribution is 2.43. The Morgan fingerprint density at radius 2 is 1.97 bits per heavy atom. The first kappa shape index (κ1) is 22.4. The minimum absolute atomic E-state index is 0.0248. The number of esters is 1. The van der Waals surface area contributed by atoms with E-state index in [0.29, 0.717) is 35.0 Å². The zero-order valence-electron chi connectivity index (χ0n) is 17.9. The van der Waals surface area contributed by atoms with Crippen molar-refractivity contribution in [1.29, 1.82) is 5.26 Å². The van der Waals surface area contributed by atoms with Crippen LogP contribution in [-0.4, -0.2) is 12.6 Å². The van der Waals surface area contributed by atoms with Crippen LogP contribution >= 0.6 is 15.9 Å². The summed E-state index contributed by atoms with van der Waals surface area (Å²) in [6.07, 6.45) is 0.824. The van der Waals surface area contributed by atoms with E-state index in [1.54, 1.807) is 42.5 Å². The topological polar surface area (TPSA) is 94.6 Å². The standard InChI is InChI=1S/C26H21BrN2O4/c1-2-12-31-22-9-4-3-8-20(22)26(30)32-18-10-11-19-23(14-18)33-25(29)21(15-28)24(19)16-6-5-7-17(27)13-16/h3-11,13-14,24H,2,12,29H2,1H3. The molecule has 0 aromatic heterocycles. The van der Waals surface area contributed by atoms with Crippen molar-refractivity contribution in [3.8, 4) is 23.3 Å². The summed E-state index contributed by atoms with van der Waals surface area (Å²) in [6.45, 7) is 2.49. The third-order valence-corrected chi connectivity index (χ3v) is 5.65. The molecular weight excluding hydrogens is 484 g/mol. The molecule has 1 unspecified atom stereocenters. The Morgan fingerprint density at radius 3 is 2.73 bits per heavy atom. The van der Waals surface area contributed by atoms with E-state index in [1.165, 1.54) is 0 Å². The second-order valence-electron chi connectivity index (χ2n) is 7.41. The molecule has 3 aromatic carbocycles. The van der Waals surface area contributed by atoms with E-state index < -0.39 is 11.9 Å². The first-order chi connectivity index (χ1) is 16.0. The molecule has 1 aliphatic rings. The Kier molecular flexibility index (Phi) is 6.66. The maximum atomic E-state index is 12.8. The Labute approximate surface area is 200 Å². The normalized spacial score (nSPS) is 14.6.